The Hall–Kier alpha value is -2.14. The molecule has 0 aliphatic heterocycles. The zero-order valence-electron chi connectivity index (χ0n) is 11.1. The molecule has 0 spiro atoms. The summed E-state index contributed by atoms with van der Waals surface area (Å²) >= 11 is 0. The van der Waals surface area contributed by atoms with Crippen LogP contribution < -0.4 is 10.1 Å². The van der Waals surface area contributed by atoms with E-state index in [4.69, 9.17) is 4.74 Å². The molecule has 100 valence electrons. The maximum atomic E-state index is 9.93. The SMILES string of the molecule is COc1cccc(CNCc2cnc(C)cn2)c1O. The summed E-state index contributed by atoms with van der Waals surface area (Å²) in [6, 6.07) is 5.43. The Morgan fingerprint density at radius 2 is 2.05 bits per heavy atom. The highest BCUT2D eigenvalue weighted by atomic mass is 16.5. The molecule has 1 heterocycles. The number of nitrogens with one attached hydrogen (secondary N) is 1. The first-order valence-corrected chi connectivity index (χ1v) is 6.04. The van der Waals surface area contributed by atoms with E-state index in [9.17, 15) is 5.11 Å². The number of aryl methyl sites for hydroxylation is 1. The van der Waals surface area contributed by atoms with Crippen LogP contribution in [0.5, 0.6) is 11.5 Å². The van der Waals surface area contributed by atoms with Crippen LogP contribution in [-0.2, 0) is 13.1 Å². The number of phenolic OH excluding ortho intramolecular Hbond substituents is 1. The normalized spacial score (nSPS) is 10.4. The summed E-state index contributed by atoms with van der Waals surface area (Å²) in [5, 5.41) is 13.1. The second-order valence-corrected chi connectivity index (χ2v) is 4.22. The molecule has 0 saturated carbocycles. The number of ether oxygens (including phenoxy) is 1. The summed E-state index contributed by atoms with van der Waals surface area (Å²) in [5.74, 6) is 0.655. The van der Waals surface area contributed by atoms with Crippen molar-refractivity contribution >= 4 is 0 Å². The molecule has 2 N–H and O–H groups in total. The topological polar surface area (TPSA) is 67.3 Å². The van der Waals surface area contributed by atoms with Gasteiger partial charge in [-0.2, -0.15) is 0 Å². The third-order valence-electron chi connectivity index (χ3n) is 2.76. The second kappa shape index (κ2) is 6.15. The maximum Gasteiger partial charge on any atom is 0.162 e. The molecular formula is C14H17N3O2. The van der Waals surface area contributed by atoms with E-state index in [0.29, 0.717) is 18.8 Å². The molecule has 0 atom stereocenters. The summed E-state index contributed by atoms with van der Waals surface area (Å²) in [4.78, 5) is 8.43. The highest BCUT2D eigenvalue weighted by molar-refractivity contribution is 5.45. The van der Waals surface area contributed by atoms with Gasteiger partial charge in [0.15, 0.2) is 11.5 Å². The predicted octanol–water partition coefficient (Wildman–Crippen LogP) is 1.79. The molecule has 0 fully saturated rings. The Balaban J connectivity index is 1.94. The molecule has 0 aliphatic carbocycles. The fraction of sp³-hybridized carbons (Fsp3) is 0.286. The van der Waals surface area contributed by atoms with Crippen LogP contribution in [-0.4, -0.2) is 22.2 Å². The zero-order chi connectivity index (χ0) is 13.7. The van der Waals surface area contributed by atoms with Crippen molar-refractivity contribution < 1.29 is 9.84 Å². The average Bonchev–Trinajstić information content (AvgIpc) is 2.43. The number of nitrogens with zero attached hydrogens (tertiary/aromatic N) is 2. The molecule has 0 bridgehead atoms. The van der Waals surface area contributed by atoms with Crippen LogP contribution in [0.25, 0.3) is 0 Å². The third kappa shape index (κ3) is 3.42. The molecule has 5 heteroatoms. The van der Waals surface area contributed by atoms with Crippen molar-refractivity contribution in [1.29, 1.82) is 0 Å². The van der Waals surface area contributed by atoms with Gasteiger partial charge in [-0.05, 0) is 13.0 Å². The summed E-state index contributed by atoms with van der Waals surface area (Å²) in [6.45, 7) is 3.04. The molecule has 0 amide bonds. The number of hydrogen-bond acceptors (Lipinski definition) is 5. The van der Waals surface area contributed by atoms with Crippen LogP contribution in [0.1, 0.15) is 17.0 Å². The van der Waals surface area contributed by atoms with E-state index in [1.807, 2.05) is 19.1 Å². The third-order valence-corrected chi connectivity index (χ3v) is 2.76. The number of para-hydroxylation sites is 1. The van der Waals surface area contributed by atoms with Gasteiger partial charge >= 0.3 is 0 Å². The van der Waals surface area contributed by atoms with E-state index >= 15 is 0 Å². The molecule has 2 aromatic rings. The van der Waals surface area contributed by atoms with Gasteiger partial charge in [-0.25, -0.2) is 0 Å². The van der Waals surface area contributed by atoms with E-state index < -0.39 is 0 Å². The number of benzene rings is 1. The van der Waals surface area contributed by atoms with Crippen LogP contribution in [0.2, 0.25) is 0 Å². The van der Waals surface area contributed by atoms with Gasteiger partial charge in [0.25, 0.3) is 0 Å². The molecule has 0 aliphatic rings. The maximum absolute atomic E-state index is 9.93. The van der Waals surface area contributed by atoms with E-state index in [1.165, 1.54) is 7.11 Å². The van der Waals surface area contributed by atoms with Crippen molar-refractivity contribution in [2.24, 2.45) is 0 Å². The van der Waals surface area contributed by atoms with Crippen molar-refractivity contribution in [3.63, 3.8) is 0 Å². The molecule has 1 aromatic heterocycles. The fourth-order valence-corrected chi connectivity index (χ4v) is 1.71. The Morgan fingerprint density at radius 3 is 2.74 bits per heavy atom. The lowest BCUT2D eigenvalue weighted by Gasteiger charge is -2.09. The smallest absolute Gasteiger partial charge is 0.162 e. The summed E-state index contributed by atoms with van der Waals surface area (Å²) in [6.07, 6.45) is 3.48. The first kappa shape index (κ1) is 13.3. The molecule has 1 aromatic carbocycles. The van der Waals surface area contributed by atoms with Crippen molar-refractivity contribution in [3.05, 3.63) is 47.5 Å². The molecule has 0 unspecified atom stereocenters. The predicted molar refractivity (Wildman–Crippen MR) is 72.0 cm³/mol. The summed E-state index contributed by atoms with van der Waals surface area (Å²) < 4.78 is 5.06. The van der Waals surface area contributed by atoms with E-state index in [2.05, 4.69) is 15.3 Å². The van der Waals surface area contributed by atoms with Gasteiger partial charge in [0.2, 0.25) is 0 Å². The minimum Gasteiger partial charge on any atom is -0.504 e. The van der Waals surface area contributed by atoms with E-state index in [-0.39, 0.29) is 5.75 Å². The van der Waals surface area contributed by atoms with Gasteiger partial charge in [0.1, 0.15) is 0 Å². The quantitative estimate of drug-likeness (QED) is 0.857. The van der Waals surface area contributed by atoms with Crippen LogP contribution in [0.15, 0.2) is 30.6 Å². The first-order chi connectivity index (χ1) is 9.20. The lowest BCUT2D eigenvalue weighted by Crippen LogP contribution is -2.14. The van der Waals surface area contributed by atoms with Crippen molar-refractivity contribution in [2.45, 2.75) is 20.0 Å². The number of aromatic nitrogens is 2. The lowest BCUT2D eigenvalue weighted by molar-refractivity contribution is 0.369. The van der Waals surface area contributed by atoms with Crippen LogP contribution in [0, 0.1) is 6.92 Å². The number of aromatic hydroxyl groups is 1. The van der Waals surface area contributed by atoms with Crippen molar-refractivity contribution in [1.82, 2.24) is 15.3 Å². The number of rotatable bonds is 5. The van der Waals surface area contributed by atoms with Gasteiger partial charge in [0.05, 0.1) is 18.5 Å². The number of phenols is 1. The van der Waals surface area contributed by atoms with Gasteiger partial charge in [-0.1, -0.05) is 12.1 Å². The second-order valence-electron chi connectivity index (χ2n) is 4.22. The van der Waals surface area contributed by atoms with Crippen LogP contribution >= 0.6 is 0 Å². The van der Waals surface area contributed by atoms with Gasteiger partial charge in [-0.3, -0.25) is 9.97 Å². The molecular weight excluding hydrogens is 242 g/mol. The summed E-state index contributed by atoms with van der Waals surface area (Å²) in [7, 11) is 1.54. The number of hydrogen-bond donors (Lipinski definition) is 2. The summed E-state index contributed by atoms with van der Waals surface area (Å²) in [5.41, 5.74) is 2.56. The number of methoxy groups -OCH3 is 1. The molecule has 0 saturated heterocycles. The van der Waals surface area contributed by atoms with Crippen molar-refractivity contribution in [3.8, 4) is 11.5 Å². The Labute approximate surface area is 112 Å². The molecule has 19 heavy (non-hydrogen) atoms. The minimum absolute atomic E-state index is 0.174. The first-order valence-electron chi connectivity index (χ1n) is 6.04. The lowest BCUT2D eigenvalue weighted by atomic mass is 10.2. The average molecular weight is 259 g/mol. The largest absolute Gasteiger partial charge is 0.504 e. The van der Waals surface area contributed by atoms with Gasteiger partial charge in [0, 0.05) is 31.0 Å². The highest BCUT2D eigenvalue weighted by Crippen LogP contribution is 2.29. The van der Waals surface area contributed by atoms with Crippen LogP contribution in [0.4, 0.5) is 0 Å². The Kier molecular flexibility index (Phi) is 4.30. The minimum atomic E-state index is 0.174. The Bertz CT molecular complexity index is 541. The van der Waals surface area contributed by atoms with E-state index in [0.717, 1.165) is 17.0 Å². The van der Waals surface area contributed by atoms with Crippen LogP contribution in [0.3, 0.4) is 0 Å². The zero-order valence-corrected chi connectivity index (χ0v) is 11.1. The molecule has 0 radical (unpaired) electrons. The standard InChI is InChI=1S/C14H17N3O2/c1-10-6-17-12(9-16-10)8-15-7-11-4-3-5-13(19-2)14(11)18/h3-6,9,15,18H,7-8H2,1-2H3. The monoisotopic (exact) mass is 259 g/mol. The molecule has 2 rings (SSSR count). The van der Waals surface area contributed by atoms with Gasteiger partial charge in [-0.15, -0.1) is 0 Å². The van der Waals surface area contributed by atoms with Crippen molar-refractivity contribution in [2.75, 3.05) is 7.11 Å². The Morgan fingerprint density at radius 1 is 1.21 bits per heavy atom. The van der Waals surface area contributed by atoms with E-state index in [1.54, 1.807) is 18.5 Å². The highest BCUT2D eigenvalue weighted by Gasteiger charge is 2.06. The molecule has 5 nitrogen and oxygen atoms in total. The fourth-order valence-electron chi connectivity index (χ4n) is 1.71. The van der Waals surface area contributed by atoms with Gasteiger partial charge < -0.3 is 15.2 Å².